The van der Waals surface area contributed by atoms with E-state index in [0.717, 1.165) is 28.7 Å². The van der Waals surface area contributed by atoms with Crippen molar-refractivity contribution in [1.82, 2.24) is 15.5 Å². The average Bonchev–Trinajstić information content (AvgIpc) is 3.34. The summed E-state index contributed by atoms with van der Waals surface area (Å²) in [5.74, 6) is 2.27. The van der Waals surface area contributed by atoms with Crippen LogP contribution >= 0.6 is 15.9 Å². The van der Waals surface area contributed by atoms with Crippen LogP contribution in [-0.2, 0) is 16.8 Å². The molecule has 0 bridgehead atoms. The minimum atomic E-state index is -0.401. The van der Waals surface area contributed by atoms with E-state index in [4.69, 9.17) is 4.52 Å². The Balaban J connectivity index is 1.54. The number of amides is 1. The second kappa shape index (κ2) is 7.91. The van der Waals surface area contributed by atoms with Gasteiger partial charge in [0.15, 0.2) is 5.82 Å². The summed E-state index contributed by atoms with van der Waals surface area (Å²) in [5.41, 5.74) is 0.705. The highest BCUT2D eigenvalue weighted by molar-refractivity contribution is 9.10. The predicted octanol–water partition coefficient (Wildman–Crippen LogP) is 4.72. The number of carbonyl (C=O) groups excluding carboxylic acids is 1. The van der Waals surface area contributed by atoms with Crippen molar-refractivity contribution in [3.8, 4) is 0 Å². The van der Waals surface area contributed by atoms with Crippen LogP contribution in [0.25, 0.3) is 0 Å². The highest BCUT2D eigenvalue weighted by Gasteiger charge is 2.32. The molecule has 0 aliphatic heterocycles. The molecular weight excluding hydrogens is 394 g/mol. The molecule has 1 aromatic heterocycles. The van der Waals surface area contributed by atoms with Crippen molar-refractivity contribution in [2.75, 3.05) is 0 Å². The average molecular weight is 420 g/mol. The SMILES string of the molecule is CC(C)C(C)(NC(=O)CCCc1nc(C2CC2)no1)c1ccc(Br)cc1. The fourth-order valence-corrected chi connectivity index (χ4v) is 3.24. The topological polar surface area (TPSA) is 68.0 Å². The van der Waals surface area contributed by atoms with E-state index in [2.05, 4.69) is 64.3 Å². The van der Waals surface area contributed by atoms with Gasteiger partial charge < -0.3 is 9.84 Å². The second-order valence-electron chi connectivity index (χ2n) is 7.59. The van der Waals surface area contributed by atoms with Crippen molar-refractivity contribution in [3.63, 3.8) is 0 Å². The number of carbonyl (C=O) groups is 1. The summed E-state index contributed by atoms with van der Waals surface area (Å²) in [5, 5.41) is 7.24. The molecule has 1 N–H and O–H groups in total. The van der Waals surface area contributed by atoms with Gasteiger partial charge in [-0.25, -0.2) is 0 Å². The summed E-state index contributed by atoms with van der Waals surface area (Å²) in [6.45, 7) is 6.33. The largest absolute Gasteiger partial charge is 0.347 e. The Bertz CT molecular complexity index is 753. The molecule has 5 nitrogen and oxygen atoms in total. The Labute approximate surface area is 163 Å². The number of hydrogen-bond donors (Lipinski definition) is 1. The third kappa shape index (κ3) is 4.53. The standard InChI is InChI=1S/C20H26BrN3O2/c1-13(2)20(3,15-9-11-16(21)12-10-15)23-17(25)5-4-6-18-22-19(24-26-18)14-7-8-14/h9-14H,4-8H2,1-3H3,(H,23,25). The lowest BCUT2D eigenvalue weighted by atomic mass is 9.81. The van der Waals surface area contributed by atoms with Crippen molar-refractivity contribution in [3.05, 3.63) is 46.0 Å². The van der Waals surface area contributed by atoms with Crippen molar-refractivity contribution in [1.29, 1.82) is 0 Å². The second-order valence-corrected chi connectivity index (χ2v) is 8.50. The van der Waals surface area contributed by atoms with Gasteiger partial charge in [-0.15, -0.1) is 0 Å². The summed E-state index contributed by atoms with van der Waals surface area (Å²) in [4.78, 5) is 16.9. The van der Waals surface area contributed by atoms with Crippen LogP contribution in [0.15, 0.2) is 33.3 Å². The molecule has 1 atom stereocenters. The summed E-state index contributed by atoms with van der Waals surface area (Å²) in [6, 6.07) is 8.13. The van der Waals surface area contributed by atoms with E-state index in [9.17, 15) is 4.79 Å². The van der Waals surface area contributed by atoms with Gasteiger partial charge in [-0.3, -0.25) is 4.79 Å². The van der Waals surface area contributed by atoms with Crippen LogP contribution in [0.2, 0.25) is 0 Å². The minimum absolute atomic E-state index is 0.0473. The highest BCUT2D eigenvalue weighted by atomic mass is 79.9. The number of rotatable bonds is 8. The van der Waals surface area contributed by atoms with Gasteiger partial charge in [-0.2, -0.15) is 4.98 Å². The minimum Gasteiger partial charge on any atom is -0.347 e. The normalized spacial score (nSPS) is 16.5. The van der Waals surface area contributed by atoms with Crippen LogP contribution < -0.4 is 5.32 Å². The molecule has 1 aliphatic rings. The third-order valence-electron chi connectivity index (χ3n) is 5.22. The van der Waals surface area contributed by atoms with E-state index in [-0.39, 0.29) is 11.8 Å². The Morgan fingerprint density at radius 2 is 2.04 bits per heavy atom. The number of nitrogens with one attached hydrogen (secondary N) is 1. The molecule has 0 radical (unpaired) electrons. The fraction of sp³-hybridized carbons (Fsp3) is 0.550. The quantitative estimate of drug-likeness (QED) is 0.671. The Kier molecular flexibility index (Phi) is 5.80. The summed E-state index contributed by atoms with van der Waals surface area (Å²) < 4.78 is 6.30. The molecule has 2 aromatic rings. The summed E-state index contributed by atoms with van der Waals surface area (Å²) in [7, 11) is 0. The molecule has 0 spiro atoms. The van der Waals surface area contributed by atoms with Crippen molar-refractivity contribution in [2.45, 2.75) is 64.3 Å². The fourth-order valence-electron chi connectivity index (χ4n) is 2.98. The Morgan fingerprint density at radius 1 is 1.35 bits per heavy atom. The number of halogens is 1. The van der Waals surface area contributed by atoms with E-state index >= 15 is 0 Å². The number of nitrogens with zero attached hydrogens (tertiary/aromatic N) is 2. The molecule has 26 heavy (non-hydrogen) atoms. The smallest absolute Gasteiger partial charge is 0.226 e. The molecule has 1 amide bonds. The van der Waals surface area contributed by atoms with Gasteiger partial charge in [0.05, 0.1) is 5.54 Å². The molecule has 1 aliphatic carbocycles. The first-order chi connectivity index (χ1) is 12.4. The van der Waals surface area contributed by atoms with Crippen molar-refractivity contribution >= 4 is 21.8 Å². The Morgan fingerprint density at radius 3 is 2.65 bits per heavy atom. The number of benzene rings is 1. The van der Waals surface area contributed by atoms with Gasteiger partial charge in [-0.05, 0) is 49.8 Å². The first-order valence-electron chi connectivity index (χ1n) is 9.28. The summed E-state index contributed by atoms with van der Waals surface area (Å²) in [6.07, 6.45) is 4.10. The van der Waals surface area contributed by atoms with E-state index in [0.29, 0.717) is 31.1 Å². The molecule has 6 heteroatoms. The number of aryl methyl sites for hydroxylation is 1. The van der Waals surface area contributed by atoms with Gasteiger partial charge in [0.25, 0.3) is 0 Å². The van der Waals surface area contributed by atoms with Crippen LogP contribution in [0, 0.1) is 5.92 Å². The lowest BCUT2D eigenvalue weighted by molar-refractivity contribution is -0.123. The first-order valence-corrected chi connectivity index (χ1v) is 10.1. The maximum Gasteiger partial charge on any atom is 0.226 e. The molecule has 1 heterocycles. The zero-order chi connectivity index (χ0) is 18.7. The molecule has 0 saturated heterocycles. The van der Waals surface area contributed by atoms with Crippen LogP contribution in [0.5, 0.6) is 0 Å². The van der Waals surface area contributed by atoms with E-state index in [1.54, 1.807) is 0 Å². The van der Waals surface area contributed by atoms with Crippen LogP contribution in [0.3, 0.4) is 0 Å². The van der Waals surface area contributed by atoms with Gasteiger partial charge in [0.1, 0.15) is 0 Å². The van der Waals surface area contributed by atoms with Gasteiger partial charge in [0.2, 0.25) is 11.8 Å². The number of hydrogen-bond acceptors (Lipinski definition) is 4. The van der Waals surface area contributed by atoms with Crippen molar-refractivity contribution in [2.24, 2.45) is 5.92 Å². The zero-order valence-electron chi connectivity index (χ0n) is 15.6. The Hall–Kier alpha value is -1.69. The van der Waals surface area contributed by atoms with E-state index < -0.39 is 5.54 Å². The zero-order valence-corrected chi connectivity index (χ0v) is 17.2. The lowest BCUT2D eigenvalue weighted by Gasteiger charge is -2.35. The van der Waals surface area contributed by atoms with E-state index in [1.807, 2.05) is 12.1 Å². The molecule has 3 rings (SSSR count). The molecule has 140 valence electrons. The molecule has 1 unspecified atom stereocenters. The lowest BCUT2D eigenvalue weighted by Crippen LogP contribution is -2.47. The maximum absolute atomic E-state index is 12.5. The molecule has 1 aromatic carbocycles. The van der Waals surface area contributed by atoms with Crippen molar-refractivity contribution < 1.29 is 9.32 Å². The van der Waals surface area contributed by atoms with Gasteiger partial charge in [-0.1, -0.05) is 47.1 Å². The van der Waals surface area contributed by atoms with Crippen LogP contribution in [-0.4, -0.2) is 16.0 Å². The maximum atomic E-state index is 12.5. The monoisotopic (exact) mass is 419 g/mol. The summed E-state index contributed by atoms with van der Waals surface area (Å²) >= 11 is 3.46. The van der Waals surface area contributed by atoms with E-state index in [1.165, 1.54) is 0 Å². The van der Waals surface area contributed by atoms with Crippen LogP contribution in [0.4, 0.5) is 0 Å². The molecular formula is C20H26BrN3O2. The van der Waals surface area contributed by atoms with Crippen LogP contribution in [0.1, 0.15) is 69.7 Å². The third-order valence-corrected chi connectivity index (χ3v) is 5.75. The predicted molar refractivity (Wildman–Crippen MR) is 104 cm³/mol. The van der Waals surface area contributed by atoms with Gasteiger partial charge >= 0.3 is 0 Å². The molecule has 1 fully saturated rings. The first kappa shape index (κ1) is 19.1. The highest BCUT2D eigenvalue weighted by Crippen LogP contribution is 2.38. The van der Waals surface area contributed by atoms with Gasteiger partial charge in [0, 0.05) is 23.2 Å². The molecule has 1 saturated carbocycles. The number of aromatic nitrogens is 2.